The van der Waals surface area contributed by atoms with E-state index in [1.807, 2.05) is 0 Å². The minimum Gasteiger partial charge on any atom is -0.495 e. The number of rotatable bonds is 6. The molecule has 0 saturated heterocycles. The van der Waals surface area contributed by atoms with Gasteiger partial charge in [0, 0.05) is 11.4 Å². The highest BCUT2D eigenvalue weighted by Gasteiger charge is 2.22. The first-order valence-corrected chi connectivity index (χ1v) is 9.03. The van der Waals surface area contributed by atoms with Gasteiger partial charge in [0.1, 0.15) is 5.75 Å². The Morgan fingerprint density at radius 1 is 1.39 bits per heavy atom. The second-order valence-corrected chi connectivity index (χ2v) is 7.50. The molecule has 124 valence electrons. The predicted octanol–water partition coefficient (Wildman–Crippen LogP) is 2.35. The Labute approximate surface area is 141 Å². The maximum atomic E-state index is 12.3. The molecular weight excluding hydrogens is 364 g/mol. The fourth-order valence-corrected chi connectivity index (χ4v) is 3.68. The second kappa shape index (κ2) is 7.11. The Bertz CT molecular complexity index is 822. The van der Waals surface area contributed by atoms with E-state index in [9.17, 15) is 13.2 Å². The van der Waals surface area contributed by atoms with Crippen molar-refractivity contribution in [3.05, 3.63) is 23.2 Å². The van der Waals surface area contributed by atoms with E-state index in [4.69, 9.17) is 16.3 Å². The largest absolute Gasteiger partial charge is 0.495 e. The van der Waals surface area contributed by atoms with E-state index in [0.29, 0.717) is 10.8 Å². The van der Waals surface area contributed by atoms with Gasteiger partial charge in [-0.15, -0.1) is 10.2 Å². The van der Waals surface area contributed by atoms with Crippen molar-refractivity contribution >= 4 is 49.7 Å². The highest BCUT2D eigenvalue weighted by Crippen LogP contribution is 2.30. The molecule has 1 heterocycles. The highest BCUT2D eigenvalue weighted by atomic mass is 35.5. The lowest BCUT2D eigenvalue weighted by molar-refractivity contribution is -0.115. The molecule has 2 aromatic rings. The number of benzene rings is 1. The van der Waals surface area contributed by atoms with Crippen molar-refractivity contribution in [3.63, 3.8) is 0 Å². The molecule has 0 aliphatic heterocycles. The van der Waals surface area contributed by atoms with Crippen molar-refractivity contribution in [1.29, 1.82) is 0 Å². The van der Waals surface area contributed by atoms with E-state index < -0.39 is 10.0 Å². The predicted molar refractivity (Wildman–Crippen MR) is 87.6 cm³/mol. The molecule has 2 N–H and O–H groups in total. The number of hydrogen-bond acceptors (Lipinski definition) is 7. The van der Waals surface area contributed by atoms with Gasteiger partial charge < -0.3 is 10.1 Å². The van der Waals surface area contributed by atoms with Gasteiger partial charge in [0.2, 0.25) is 11.0 Å². The maximum absolute atomic E-state index is 12.3. The van der Waals surface area contributed by atoms with Gasteiger partial charge in [0.25, 0.3) is 14.4 Å². The first kappa shape index (κ1) is 17.4. The zero-order valence-electron chi connectivity index (χ0n) is 12.2. The summed E-state index contributed by atoms with van der Waals surface area (Å²) in [5, 5.41) is 10.1. The molecule has 0 atom stereocenters. The number of hydrogen-bond donors (Lipinski definition) is 2. The molecule has 0 fully saturated rings. The summed E-state index contributed by atoms with van der Waals surface area (Å²) in [4.78, 5) is 11.3. The number of anilines is 2. The van der Waals surface area contributed by atoms with Crippen LogP contribution in [0.3, 0.4) is 0 Å². The summed E-state index contributed by atoms with van der Waals surface area (Å²) in [6, 6.07) is 4.52. The van der Waals surface area contributed by atoms with Crippen molar-refractivity contribution in [1.82, 2.24) is 10.2 Å². The van der Waals surface area contributed by atoms with Crippen molar-refractivity contribution in [2.75, 3.05) is 17.1 Å². The molecule has 8 nitrogen and oxygen atoms in total. The molecule has 23 heavy (non-hydrogen) atoms. The average Bonchev–Trinajstić information content (AvgIpc) is 2.96. The normalized spacial score (nSPS) is 11.1. The molecule has 0 aliphatic carbocycles. The van der Waals surface area contributed by atoms with Gasteiger partial charge in [0.05, 0.1) is 12.8 Å². The molecule has 11 heteroatoms. The molecule has 0 radical (unpaired) electrons. The van der Waals surface area contributed by atoms with Gasteiger partial charge >= 0.3 is 0 Å². The highest BCUT2D eigenvalue weighted by molar-refractivity contribution is 7.94. The van der Waals surface area contributed by atoms with Crippen LogP contribution in [0.4, 0.5) is 10.8 Å². The van der Waals surface area contributed by atoms with E-state index in [0.717, 1.165) is 11.3 Å². The fourth-order valence-electron chi connectivity index (χ4n) is 1.52. The monoisotopic (exact) mass is 376 g/mol. The lowest BCUT2D eigenvalue weighted by Gasteiger charge is -2.10. The summed E-state index contributed by atoms with van der Waals surface area (Å²) >= 11 is 6.60. The van der Waals surface area contributed by atoms with Gasteiger partial charge in [-0.2, -0.15) is 8.42 Å². The summed E-state index contributed by atoms with van der Waals surface area (Å²) in [6.45, 7) is 1.67. The molecule has 0 aliphatic rings. The van der Waals surface area contributed by atoms with Gasteiger partial charge in [-0.25, -0.2) is 0 Å². The van der Waals surface area contributed by atoms with Crippen molar-refractivity contribution in [3.8, 4) is 5.75 Å². The maximum Gasteiger partial charge on any atom is 0.291 e. The van der Waals surface area contributed by atoms with Crippen LogP contribution in [0.15, 0.2) is 22.5 Å². The van der Waals surface area contributed by atoms with Crippen LogP contribution in [0.2, 0.25) is 5.02 Å². The zero-order chi connectivity index (χ0) is 17.0. The first-order valence-electron chi connectivity index (χ1n) is 6.35. The fraction of sp³-hybridized carbons (Fsp3) is 0.250. The molecular formula is C12H13ClN4O4S2. The van der Waals surface area contributed by atoms with Crippen LogP contribution in [-0.2, 0) is 14.8 Å². The van der Waals surface area contributed by atoms with Crippen LogP contribution < -0.4 is 14.8 Å². The Balaban J connectivity index is 2.26. The number of methoxy groups -OCH3 is 1. The van der Waals surface area contributed by atoms with Crippen LogP contribution in [-0.4, -0.2) is 31.6 Å². The van der Waals surface area contributed by atoms with Crippen LogP contribution in [0.25, 0.3) is 0 Å². The van der Waals surface area contributed by atoms with E-state index >= 15 is 0 Å². The summed E-state index contributed by atoms with van der Waals surface area (Å²) < 4.78 is 31.8. The molecule has 0 spiro atoms. The topological polar surface area (TPSA) is 110 Å². The molecule has 0 bridgehead atoms. The zero-order valence-corrected chi connectivity index (χ0v) is 14.5. The number of carbonyl (C=O) groups excluding carboxylic acids is 1. The Morgan fingerprint density at radius 3 is 2.78 bits per heavy atom. The van der Waals surface area contributed by atoms with Gasteiger partial charge in [-0.3, -0.25) is 9.52 Å². The number of ether oxygens (including phenoxy) is 1. The molecule has 0 unspecified atom stereocenters. The number of nitrogens with zero attached hydrogens (tertiary/aromatic N) is 2. The first-order chi connectivity index (χ1) is 10.9. The Morgan fingerprint density at radius 2 is 2.13 bits per heavy atom. The summed E-state index contributed by atoms with van der Waals surface area (Å²) in [5.74, 6) is 0.0246. The smallest absolute Gasteiger partial charge is 0.291 e. The molecule has 0 saturated carbocycles. The van der Waals surface area contributed by atoms with Crippen LogP contribution in [0, 0.1) is 0 Å². The van der Waals surface area contributed by atoms with Crippen molar-refractivity contribution < 1.29 is 17.9 Å². The Kier molecular flexibility index (Phi) is 5.39. The number of amides is 1. The quantitative estimate of drug-likeness (QED) is 0.749. The van der Waals surface area contributed by atoms with Crippen LogP contribution >= 0.6 is 22.9 Å². The van der Waals surface area contributed by atoms with Gasteiger partial charge in [0.15, 0.2) is 0 Å². The second-order valence-electron chi connectivity index (χ2n) is 4.22. The van der Waals surface area contributed by atoms with Gasteiger partial charge in [-0.05, 0) is 18.2 Å². The van der Waals surface area contributed by atoms with E-state index in [-0.39, 0.29) is 27.5 Å². The summed E-state index contributed by atoms with van der Waals surface area (Å²) in [7, 11) is -2.57. The number of aromatic nitrogens is 2. The van der Waals surface area contributed by atoms with E-state index in [1.54, 1.807) is 13.0 Å². The SMILES string of the molecule is CCC(=O)Nc1nnc(S(=O)(=O)Nc2cc(Cl)ccc2OC)s1. The van der Waals surface area contributed by atoms with E-state index in [2.05, 4.69) is 20.2 Å². The number of carbonyl (C=O) groups is 1. The Hall–Kier alpha value is -1.91. The third-order valence-electron chi connectivity index (χ3n) is 2.61. The lowest BCUT2D eigenvalue weighted by atomic mass is 10.3. The molecule has 2 rings (SSSR count). The summed E-state index contributed by atoms with van der Waals surface area (Å²) in [5.41, 5.74) is 0.175. The minimum absolute atomic E-state index is 0.107. The third-order valence-corrected chi connectivity index (χ3v) is 5.42. The number of nitrogens with one attached hydrogen (secondary N) is 2. The molecule has 1 aromatic heterocycles. The average molecular weight is 377 g/mol. The van der Waals surface area contributed by atoms with Crippen molar-refractivity contribution in [2.45, 2.75) is 17.7 Å². The van der Waals surface area contributed by atoms with Crippen molar-refractivity contribution in [2.24, 2.45) is 0 Å². The van der Waals surface area contributed by atoms with E-state index in [1.165, 1.54) is 19.2 Å². The van der Waals surface area contributed by atoms with Crippen LogP contribution in [0.1, 0.15) is 13.3 Å². The molecule has 1 aromatic carbocycles. The lowest BCUT2D eigenvalue weighted by Crippen LogP contribution is -2.13. The number of sulfonamides is 1. The standard InChI is InChI=1S/C12H13ClN4O4S2/c1-3-10(18)14-11-15-16-12(22-11)23(19,20)17-8-6-7(13)4-5-9(8)21-2/h4-6,17H,3H2,1-2H3,(H,14,15,18). The molecule has 1 amide bonds. The number of halogens is 1. The van der Waals surface area contributed by atoms with Gasteiger partial charge in [-0.1, -0.05) is 29.9 Å². The van der Waals surface area contributed by atoms with Crippen LogP contribution in [0.5, 0.6) is 5.75 Å². The minimum atomic E-state index is -3.98. The summed E-state index contributed by atoms with van der Waals surface area (Å²) in [6.07, 6.45) is 0.250. The third kappa shape index (κ3) is 4.30.